The number of ether oxygens (including phenoxy) is 2. The van der Waals surface area contributed by atoms with E-state index in [4.69, 9.17) is 14.7 Å². The number of nitrogens with zero attached hydrogens (tertiary/aromatic N) is 1. The highest BCUT2D eigenvalue weighted by Crippen LogP contribution is 2.37. The smallest absolute Gasteiger partial charge is 0.344 e. The van der Waals surface area contributed by atoms with Gasteiger partial charge in [-0.2, -0.15) is 0 Å². The summed E-state index contributed by atoms with van der Waals surface area (Å²) in [7, 11) is 0. The van der Waals surface area contributed by atoms with Crippen LogP contribution in [0.1, 0.15) is 22.8 Å². The van der Waals surface area contributed by atoms with Crippen LogP contribution in [0.4, 0.5) is 0 Å². The first kappa shape index (κ1) is 17.9. The van der Waals surface area contributed by atoms with Gasteiger partial charge in [0.15, 0.2) is 11.5 Å². The molecule has 0 saturated carbocycles. The summed E-state index contributed by atoms with van der Waals surface area (Å²) in [5, 5.41) is 13.5. The molecule has 26 heavy (non-hydrogen) atoms. The minimum absolute atomic E-state index is 0.278. The number of fused-ring (bicyclic) bond motifs is 1. The van der Waals surface area contributed by atoms with Gasteiger partial charge in [-0.15, -0.1) is 0 Å². The van der Waals surface area contributed by atoms with E-state index in [-0.39, 0.29) is 5.75 Å². The maximum Gasteiger partial charge on any atom is 0.344 e. The molecule has 0 heterocycles. The Morgan fingerprint density at radius 2 is 1.96 bits per heavy atom. The minimum atomic E-state index is -0.480. The third kappa shape index (κ3) is 3.70. The van der Waals surface area contributed by atoms with Crippen molar-refractivity contribution in [3.05, 3.63) is 70.2 Å². The predicted octanol–water partition coefficient (Wildman–Crippen LogP) is 5.03. The molecule has 0 radical (unpaired) electrons. The summed E-state index contributed by atoms with van der Waals surface area (Å²) in [6.07, 6.45) is 1.27. The maximum atomic E-state index is 12.8. The van der Waals surface area contributed by atoms with E-state index in [0.717, 1.165) is 10.8 Å². The zero-order valence-corrected chi connectivity index (χ0v) is 15.6. The summed E-state index contributed by atoms with van der Waals surface area (Å²) in [5.41, 5.74) is 1.08. The minimum Gasteiger partial charge on any atom is -0.490 e. The summed E-state index contributed by atoms with van der Waals surface area (Å²) < 4.78 is 11.7. The Labute approximate surface area is 159 Å². The van der Waals surface area contributed by atoms with Crippen LogP contribution >= 0.6 is 15.9 Å². The first-order valence-electron chi connectivity index (χ1n) is 7.97. The molecule has 5 nitrogen and oxygen atoms in total. The largest absolute Gasteiger partial charge is 0.490 e. The third-order valence-electron chi connectivity index (χ3n) is 3.74. The molecule has 3 rings (SSSR count). The second-order valence-corrected chi connectivity index (χ2v) is 6.28. The fraction of sp³-hybridized carbons (Fsp3) is 0.100. The van der Waals surface area contributed by atoms with Gasteiger partial charge >= 0.3 is 5.97 Å². The molecule has 0 aliphatic rings. The highest BCUT2D eigenvalue weighted by Gasteiger charge is 2.18. The van der Waals surface area contributed by atoms with Crippen molar-refractivity contribution in [1.29, 1.82) is 0 Å². The van der Waals surface area contributed by atoms with Crippen molar-refractivity contribution < 1.29 is 19.5 Å². The highest BCUT2D eigenvalue weighted by molar-refractivity contribution is 9.10. The first-order valence-corrected chi connectivity index (χ1v) is 8.77. The van der Waals surface area contributed by atoms with Crippen molar-refractivity contribution in [2.24, 2.45) is 5.16 Å². The van der Waals surface area contributed by atoms with E-state index in [2.05, 4.69) is 21.1 Å². The molecule has 132 valence electrons. The first-order chi connectivity index (χ1) is 12.6. The summed E-state index contributed by atoms with van der Waals surface area (Å²) in [4.78, 5) is 12.8. The van der Waals surface area contributed by atoms with Gasteiger partial charge in [0.2, 0.25) is 0 Å². The van der Waals surface area contributed by atoms with Crippen molar-refractivity contribution in [2.75, 3.05) is 6.61 Å². The molecule has 0 bridgehead atoms. The normalized spacial score (nSPS) is 11.0. The standard InChI is InChI=1S/C20H16BrNO4/c1-2-25-18-11-13(12-22-24)10-17(21)19(18)26-20(23)16-9-5-7-14-6-3-4-8-15(14)16/h3-12,24H,2H2,1H3/b22-12+. The van der Waals surface area contributed by atoms with Gasteiger partial charge < -0.3 is 14.7 Å². The number of hydrogen-bond donors (Lipinski definition) is 1. The number of hydrogen-bond acceptors (Lipinski definition) is 5. The molecule has 6 heteroatoms. The Morgan fingerprint density at radius 1 is 1.19 bits per heavy atom. The van der Waals surface area contributed by atoms with Crippen LogP contribution < -0.4 is 9.47 Å². The van der Waals surface area contributed by atoms with Crippen LogP contribution in [-0.4, -0.2) is 24.0 Å². The van der Waals surface area contributed by atoms with Gasteiger partial charge in [-0.1, -0.05) is 41.6 Å². The Bertz CT molecular complexity index is 979. The van der Waals surface area contributed by atoms with Crippen molar-refractivity contribution in [1.82, 2.24) is 0 Å². The number of benzene rings is 3. The van der Waals surface area contributed by atoms with Gasteiger partial charge in [0, 0.05) is 5.56 Å². The lowest BCUT2D eigenvalue weighted by molar-refractivity contribution is 0.0729. The van der Waals surface area contributed by atoms with Crippen LogP contribution in [0.5, 0.6) is 11.5 Å². The number of halogens is 1. The number of esters is 1. The Kier molecular flexibility index (Phi) is 5.53. The maximum absolute atomic E-state index is 12.8. The fourth-order valence-corrected chi connectivity index (χ4v) is 3.18. The molecule has 0 aliphatic carbocycles. The van der Waals surface area contributed by atoms with Crippen LogP contribution in [0.3, 0.4) is 0 Å². The van der Waals surface area contributed by atoms with Crippen LogP contribution in [0.2, 0.25) is 0 Å². The van der Waals surface area contributed by atoms with Crippen LogP contribution in [-0.2, 0) is 0 Å². The van der Waals surface area contributed by atoms with Gasteiger partial charge in [0.1, 0.15) is 0 Å². The lowest BCUT2D eigenvalue weighted by atomic mass is 10.0. The van der Waals surface area contributed by atoms with E-state index >= 15 is 0 Å². The molecule has 0 aliphatic heterocycles. The number of oxime groups is 1. The average Bonchev–Trinajstić information content (AvgIpc) is 2.64. The predicted molar refractivity (Wildman–Crippen MR) is 104 cm³/mol. The monoisotopic (exact) mass is 413 g/mol. The van der Waals surface area contributed by atoms with Gasteiger partial charge in [-0.05, 0) is 51.8 Å². The van der Waals surface area contributed by atoms with Gasteiger partial charge in [0.05, 0.1) is 22.9 Å². The van der Waals surface area contributed by atoms with E-state index in [1.807, 2.05) is 43.3 Å². The lowest BCUT2D eigenvalue weighted by Gasteiger charge is -2.14. The summed E-state index contributed by atoms with van der Waals surface area (Å²) in [6, 6.07) is 16.4. The molecule has 0 spiro atoms. The van der Waals surface area contributed by atoms with Crippen molar-refractivity contribution >= 4 is 38.9 Å². The molecular weight excluding hydrogens is 398 g/mol. The quantitative estimate of drug-likeness (QED) is 0.209. The van der Waals surface area contributed by atoms with Gasteiger partial charge in [0.25, 0.3) is 0 Å². The molecule has 1 N–H and O–H groups in total. The van der Waals surface area contributed by atoms with E-state index in [0.29, 0.717) is 28.0 Å². The van der Waals surface area contributed by atoms with Crippen molar-refractivity contribution in [2.45, 2.75) is 6.92 Å². The molecule has 0 unspecified atom stereocenters. The van der Waals surface area contributed by atoms with Crippen molar-refractivity contribution in [3.63, 3.8) is 0 Å². The van der Waals surface area contributed by atoms with E-state index in [1.165, 1.54) is 6.21 Å². The van der Waals surface area contributed by atoms with Crippen LogP contribution in [0.15, 0.2) is 64.2 Å². The molecule has 0 fully saturated rings. The molecule has 3 aromatic carbocycles. The summed E-state index contributed by atoms with van der Waals surface area (Å²) >= 11 is 3.39. The van der Waals surface area contributed by atoms with E-state index in [9.17, 15) is 4.79 Å². The highest BCUT2D eigenvalue weighted by atomic mass is 79.9. The van der Waals surface area contributed by atoms with Gasteiger partial charge in [-0.3, -0.25) is 0 Å². The SMILES string of the molecule is CCOc1cc(/C=N/O)cc(Br)c1OC(=O)c1cccc2ccccc12. The number of carbonyl (C=O) groups excluding carboxylic acids is 1. The average molecular weight is 414 g/mol. The van der Waals surface area contributed by atoms with E-state index in [1.54, 1.807) is 18.2 Å². The number of rotatable bonds is 5. The molecule has 0 saturated heterocycles. The van der Waals surface area contributed by atoms with E-state index < -0.39 is 5.97 Å². The van der Waals surface area contributed by atoms with Crippen LogP contribution in [0, 0.1) is 0 Å². The topological polar surface area (TPSA) is 68.1 Å². The van der Waals surface area contributed by atoms with Crippen LogP contribution in [0.25, 0.3) is 10.8 Å². The molecule has 0 aromatic heterocycles. The second kappa shape index (κ2) is 8.01. The van der Waals surface area contributed by atoms with Crippen molar-refractivity contribution in [3.8, 4) is 11.5 Å². The molecule has 3 aromatic rings. The third-order valence-corrected chi connectivity index (χ3v) is 4.33. The fourth-order valence-electron chi connectivity index (χ4n) is 2.64. The lowest BCUT2D eigenvalue weighted by Crippen LogP contribution is -2.11. The summed E-state index contributed by atoms with van der Waals surface area (Å²) in [6.45, 7) is 2.22. The Balaban J connectivity index is 2.01. The number of carbonyl (C=O) groups is 1. The zero-order chi connectivity index (χ0) is 18.5. The molecular formula is C20H16BrNO4. The molecule has 0 amide bonds. The zero-order valence-electron chi connectivity index (χ0n) is 14.0. The molecule has 0 atom stereocenters. The second-order valence-electron chi connectivity index (χ2n) is 5.42. The Morgan fingerprint density at radius 3 is 2.73 bits per heavy atom. The Hall–Kier alpha value is -2.86. The summed E-state index contributed by atoms with van der Waals surface area (Å²) in [5.74, 6) is 0.178. The van der Waals surface area contributed by atoms with Gasteiger partial charge in [-0.25, -0.2) is 4.79 Å².